The molecule has 4 rings (SSSR count). The maximum Gasteiger partial charge on any atom is 0.186 e. The highest BCUT2D eigenvalue weighted by atomic mass is 19.2. The molecule has 1 aliphatic heterocycles. The van der Waals surface area contributed by atoms with Crippen molar-refractivity contribution in [3.8, 4) is 22.3 Å². The molecule has 1 heterocycles. The van der Waals surface area contributed by atoms with E-state index in [4.69, 9.17) is 9.47 Å². The average Bonchev–Trinajstić information content (AvgIpc) is 2.88. The summed E-state index contributed by atoms with van der Waals surface area (Å²) in [7, 11) is 0. The van der Waals surface area contributed by atoms with Crippen LogP contribution in [0.25, 0.3) is 22.3 Å². The summed E-state index contributed by atoms with van der Waals surface area (Å²) >= 11 is 0. The van der Waals surface area contributed by atoms with Gasteiger partial charge < -0.3 is 9.47 Å². The van der Waals surface area contributed by atoms with Crippen molar-refractivity contribution in [3.05, 3.63) is 83.2 Å². The first kappa shape index (κ1) is 25.5. The topological polar surface area (TPSA) is 18.5 Å². The van der Waals surface area contributed by atoms with Gasteiger partial charge in [-0.05, 0) is 41.2 Å². The van der Waals surface area contributed by atoms with Gasteiger partial charge in [0.15, 0.2) is 17.9 Å². The van der Waals surface area contributed by atoms with Crippen LogP contribution < -0.4 is 0 Å². The molecule has 2 nitrogen and oxygen atoms in total. The third-order valence-electron chi connectivity index (χ3n) is 6.65. The lowest BCUT2D eigenvalue weighted by atomic mass is 9.97. The predicted molar refractivity (Wildman–Crippen MR) is 133 cm³/mol. The first-order valence-corrected chi connectivity index (χ1v) is 12.6. The summed E-state index contributed by atoms with van der Waals surface area (Å²) in [6.45, 7) is 5.26. The normalized spacial score (nSPS) is 18.1. The zero-order valence-corrected chi connectivity index (χ0v) is 20.5. The van der Waals surface area contributed by atoms with E-state index in [2.05, 4.69) is 6.92 Å². The van der Waals surface area contributed by atoms with E-state index in [1.165, 1.54) is 18.9 Å². The van der Waals surface area contributed by atoms with Gasteiger partial charge in [0.05, 0.1) is 13.2 Å². The Labute approximate surface area is 206 Å². The average molecular weight is 483 g/mol. The first-order chi connectivity index (χ1) is 17.0. The third-order valence-corrected chi connectivity index (χ3v) is 6.65. The minimum absolute atomic E-state index is 0.218. The van der Waals surface area contributed by atoms with Crippen LogP contribution in [0.4, 0.5) is 13.2 Å². The molecule has 0 amide bonds. The highest BCUT2D eigenvalue weighted by Crippen LogP contribution is 2.33. The fraction of sp³-hybridized carbons (Fsp3) is 0.400. The molecule has 0 radical (unpaired) electrons. The highest BCUT2D eigenvalue weighted by Gasteiger charge is 2.25. The van der Waals surface area contributed by atoms with E-state index >= 15 is 0 Å². The molecule has 0 aromatic heterocycles. The van der Waals surface area contributed by atoms with Crippen molar-refractivity contribution in [2.45, 2.75) is 58.7 Å². The van der Waals surface area contributed by atoms with E-state index in [-0.39, 0.29) is 11.4 Å². The second-order valence-electron chi connectivity index (χ2n) is 9.32. The van der Waals surface area contributed by atoms with Gasteiger partial charge >= 0.3 is 0 Å². The van der Waals surface area contributed by atoms with Crippen LogP contribution >= 0.6 is 0 Å². The quantitative estimate of drug-likeness (QED) is 0.284. The Bertz CT molecular complexity index is 1120. The largest absolute Gasteiger partial charge is 0.348 e. The Morgan fingerprint density at radius 1 is 0.743 bits per heavy atom. The van der Waals surface area contributed by atoms with Gasteiger partial charge in [-0.2, -0.15) is 0 Å². The molecule has 0 spiro atoms. The maximum absolute atomic E-state index is 15.0. The van der Waals surface area contributed by atoms with Crippen LogP contribution in [-0.4, -0.2) is 13.2 Å². The molecule has 1 fully saturated rings. The molecule has 0 unspecified atom stereocenters. The summed E-state index contributed by atoms with van der Waals surface area (Å²) in [5.41, 5.74) is 3.04. The summed E-state index contributed by atoms with van der Waals surface area (Å²) in [6, 6.07) is 15.3. The van der Waals surface area contributed by atoms with Gasteiger partial charge in [-0.1, -0.05) is 88.1 Å². The Morgan fingerprint density at radius 2 is 1.43 bits per heavy atom. The fourth-order valence-electron chi connectivity index (χ4n) is 4.59. The number of hydrogen-bond donors (Lipinski definition) is 0. The Kier molecular flexibility index (Phi) is 8.64. The molecule has 5 heteroatoms. The van der Waals surface area contributed by atoms with Crippen LogP contribution in [-0.2, 0) is 15.9 Å². The van der Waals surface area contributed by atoms with Gasteiger partial charge in [0.25, 0.3) is 0 Å². The fourth-order valence-corrected chi connectivity index (χ4v) is 4.59. The number of halogens is 3. The predicted octanol–water partition coefficient (Wildman–Crippen LogP) is 8.63. The van der Waals surface area contributed by atoms with Crippen molar-refractivity contribution < 1.29 is 22.6 Å². The molecule has 186 valence electrons. The SMILES string of the molecule is CCCCCC1COC(c2ccc(-c3ccc(-c4ccc(CCC)c(F)c4F)cc3)cc2F)OC1. The van der Waals surface area contributed by atoms with E-state index in [9.17, 15) is 13.2 Å². The minimum atomic E-state index is -0.834. The lowest BCUT2D eigenvalue weighted by Gasteiger charge is -2.30. The summed E-state index contributed by atoms with van der Waals surface area (Å²) in [5.74, 6) is -1.65. The zero-order chi connectivity index (χ0) is 24.8. The van der Waals surface area contributed by atoms with Gasteiger partial charge in [0, 0.05) is 17.0 Å². The minimum Gasteiger partial charge on any atom is -0.348 e. The lowest BCUT2D eigenvalue weighted by molar-refractivity contribution is -0.207. The van der Waals surface area contributed by atoms with Crippen molar-refractivity contribution in [2.24, 2.45) is 5.92 Å². The summed E-state index contributed by atoms with van der Waals surface area (Å²) in [4.78, 5) is 0. The summed E-state index contributed by atoms with van der Waals surface area (Å²) < 4.78 is 55.6. The van der Waals surface area contributed by atoms with Crippen molar-refractivity contribution in [1.29, 1.82) is 0 Å². The van der Waals surface area contributed by atoms with E-state index in [1.54, 1.807) is 42.5 Å². The number of unbranched alkanes of at least 4 members (excludes halogenated alkanes) is 2. The monoisotopic (exact) mass is 482 g/mol. The molecule has 0 bridgehead atoms. The van der Waals surface area contributed by atoms with Crippen LogP contribution in [0.5, 0.6) is 0 Å². The number of aryl methyl sites for hydroxylation is 1. The third kappa shape index (κ3) is 5.96. The molecular formula is C30H33F3O2. The lowest BCUT2D eigenvalue weighted by Crippen LogP contribution is -2.27. The van der Waals surface area contributed by atoms with Crippen molar-refractivity contribution >= 4 is 0 Å². The molecule has 0 aliphatic carbocycles. The molecule has 3 aromatic carbocycles. The van der Waals surface area contributed by atoms with Crippen molar-refractivity contribution in [2.75, 3.05) is 13.2 Å². The van der Waals surface area contributed by atoms with E-state index in [1.807, 2.05) is 13.0 Å². The molecule has 1 aliphatic rings. The second kappa shape index (κ2) is 11.9. The Balaban J connectivity index is 1.44. The maximum atomic E-state index is 15.0. The van der Waals surface area contributed by atoms with E-state index < -0.39 is 17.9 Å². The van der Waals surface area contributed by atoms with E-state index in [0.29, 0.717) is 47.8 Å². The smallest absolute Gasteiger partial charge is 0.186 e. The number of benzene rings is 3. The standard InChI is InChI=1S/C30H33F3O2/c1-3-5-6-8-20-18-34-30(35-19-20)26-16-14-24(17-27(26)31)21-9-11-22(12-10-21)25-15-13-23(7-4-2)28(32)29(25)33/h9-17,20,30H,3-8,18-19H2,1-2H3. The van der Waals surface area contributed by atoms with Crippen LogP contribution in [0.15, 0.2) is 54.6 Å². The van der Waals surface area contributed by atoms with Gasteiger partial charge in [0.1, 0.15) is 5.82 Å². The van der Waals surface area contributed by atoms with Gasteiger partial charge in [-0.25, -0.2) is 13.2 Å². The van der Waals surface area contributed by atoms with Gasteiger partial charge in [-0.3, -0.25) is 0 Å². The van der Waals surface area contributed by atoms with Crippen LogP contribution in [0.3, 0.4) is 0 Å². The zero-order valence-electron chi connectivity index (χ0n) is 20.5. The Hall–Kier alpha value is -2.63. The number of ether oxygens (including phenoxy) is 2. The molecule has 0 atom stereocenters. The van der Waals surface area contributed by atoms with E-state index in [0.717, 1.165) is 24.8 Å². The van der Waals surface area contributed by atoms with Crippen LogP contribution in [0, 0.1) is 23.4 Å². The molecular weight excluding hydrogens is 449 g/mol. The number of rotatable bonds is 9. The molecule has 3 aromatic rings. The summed E-state index contributed by atoms with van der Waals surface area (Å²) in [5, 5.41) is 0. The van der Waals surface area contributed by atoms with Crippen molar-refractivity contribution in [3.63, 3.8) is 0 Å². The van der Waals surface area contributed by atoms with Crippen molar-refractivity contribution in [1.82, 2.24) is 0 Å². The molecule has 0 N–H and O–H groups in total. The Morgan fingerprint density at radius 3 is 2.09 bits per heavy atom. The van der Waals surface area contributed by atoms with Crippen LogP contribution in [0.1, 0.15) is 63.4 Å². The van der Waals surface area contributed by atoms with Gasteiger partial charge in [-0.15, -0.1) is 0 Å². The van der Waals surface area contributed by atoms with Gasteiger partial charge in [0.2, 0.25) is 0 Å². The summed E-state index contributed by atoms with van der Waals surface area (Å²) in [6.07, 6.45) is 5.16. The molecule has 35 heavy (non-hydrogen) atoms. The first-order valence-electron chi connectivity index (χ1n) is 12.6. The number of hydrogen-bond acceptors (Lipinski definition) is 2. The molecule has 1 saturated heterocycles. The van der Waals surface area contributed by atoms with Crippen LogP contribution in [0.2, 0.25) is 0 Å². The highest BCUT2D eigenvalue weighted by molar-refractivity contribution is 5.71. The molecule has 0 saturated carbocycles. The second-order valence-corrected chi connectivity index (χ2v) is 9.32.